The van der Waals surface area contributed by atoms with Gasteiger partial charge in [0.1, 0.15) is 6.10 Å². The van der Waals surface area contributed by atoms with Gasteiger partial charge in [-0.05, 0) is 37.3 Å². The summed E-state index contributed by atoms with van der Waals surface area (Å²) in [4.78, 5) is 4.30. The lowest BCUT2D eigenvalue weighted by Gasteiger charge is -2.22. The van der Waals surface area contributed by atoms with Crippen LogP contribution in [-0.4, -0.2) is 15.2 Å². The molecule has 1 aliphatic carbocycles. The van der Waals surface area contributed by atoms with Crippen LogP contribution in [0.2, 0.25) is 0 Å². The van der Waals surface area contributed by atoms with Crippen LogP contribution in [0.1, 0.15) is 54.6 Å². The highest BCUT2D eigenvalue weighted by molar-refractivity contribution is 5.36. The highest BCUT2D eigenvalue weighted by atomic mass is 16.5. The number of aliphatic hydroxyl groups excluding tert-OH is 1. The zero-order valence-electron chi connectivity index (χ0n) is 10.3. The average molecular weight is 244 g/mol. The third kappa shape index (κ3) is 1.93. The molecule has 94 valence electrons. The molecule has 18 heavy (non-hydrogen) atoms. The van der Waals surface area contributed by atoms with Gasteiger partial charge in [-0.15, -0.1) is 0 Å². The molecule has 1 aromatic carbocycles. The molecule has 0 saturated carbocycles. The Balaban J connectivity index is 1.97. The predicted molar refractivity (Wildman–Crippen MR) is 66.2 cm³/mol. The molecule has 2 aromatic rings. The SMILES string of the molecule is C[C@H](O)c1nc(C2CCCc3ccccc32)no1. The number of nitrogens with zero attached hydrogens (tertiary/aromatic N) is 2. The van der Waals surface area contributed by atoms with Crippen LogP contribution >= 0.6 is 0 Å². The lowest BCUT2D eigenvalue weighted by molar-refractivity contribution is 0.151. The second-order valence-electron chi connectivity index (χ2n) is 4.81. The van der Waals surface area contributed by atoms with Gasteiger partial charge in [0.05, 0.1) is 0 Å². The molecule has 1 aromatic heterocycles. The van der Waals surface area contributed by atoms with E-state index >= 15 is 0 Å². The van der Waals surface area contributed by atoms with E-state index in [9.17, 15) is 5.11 Å². The van der Waals surface area contributed by atoms with Crippen molar-refractivity contribution < 1.29 is 9.63 Å². The van der Waals surface area contributed by atoms with Gasteiger partial charge in [0.15, 0.2) is 5.82 Å². The number of hydrogen-bond donors (Lipinski definition) is 1. The first-order valence-electron chi connectivity index (χ1n) is 6.35. The molecule has 0 bridgehead atoms. The number of aliphatic hydroxyl groups is 1. The van der Waals surface area contributed by atoms with E-state index in [0.29, 0.717) is 11.7 Å². The first kappa shape index (κ1) is 11.4. The Morgan fingerprint density at radius 2 is 2.22 bits per heavy atom. The summed E-state index contributed by atoms with van der Waals surface area (Å²) in [7, 11) is 0. The monoisotopic (exact) mass is 244 g/mol. The Bertz CT molecular complexity index is 548. The van der Waals surface area contributed by atoms with Crippen molar-refractivity contribution in [2.75, 3.05) is 0 Å². The molecule has 0 amide bonds. The molecule has 1 heterocycles. The Hall–Kier alpha value is -1.68. The molecule has 1 N–H and O–H groups in total. The Morgan fingerprint density at radius 1 is 1.39 bits per heavy atom. The van der Waals surface area contributed by atoms with Crippen LogP contribution < -0.4 is 0 Å². The maximum atomic E-state index is 9.43. The average Bonchev–Trinajstić information content (AvgIpc) is 2.87. The van der Waals surface area contributed by atoms with Crippen molar-refractivity contribution in [3.63, 3.8) is 0 Å². The van der Waals surface area contributed by atoms with Crippen molar-refractivity contribution in [3.05, 3.63) is 47.1 Å². The smallest absolute Gasteiger partial charge is 0.255 e. The first-order chi connectivity index (χ1) is 8.75. The summed E-state index contributed by atoms with van der Waals surface area (Å²) < 4.78 is 5.08. The van der Waals surface area contributed by atoms with Crippen molar-refractivity contribution in [1.82, 2.24) is 10.1 Å². The number of aromatic nitrogens is 2. The normalized spacial score (nSPS) is 20.4. The number of fused-ring (bicyclic) bond motifs is 1. The molecule has 3 rings (SSSR count). The van der Waals surface area contributed by atoms with E-state index in [1.807, 2.05) is 6.07 Å². The molecule has 1 aliphatic rings. The number of rotatable bonds is 2. The van der Waals surface area contributed by atoms with Gasteiger partial charge in [-0.3, -0.25) is 0 Å². The largest absolute Gasteiger partial charge is 0.384 e. The minimum atomic E-state index is -0.704. The quantitative estimate of drug-likeness (QED) is 0.882. The van der Waals surface area contributed by atoms with Gasteiger partial charge in [-0.25, -0.2) is 0 Å². The molecule has 0 saturated heterocycles. The van der Waals surface area contributed by atoms with E-state index in [-0.39, 0.29) is 5.92 Å². The van der Waals surface area contributed by atoms with Crippen LogP contribution in [0, 0.1) is 0 Å². The molecular weight excluding hydrogens is 228 g/mol. The first-order valence-corrected chi connectivity index (χ1v) is 6.35. The van der Waals surface area contributed by atoms with Gasteiger partial charge in [0, 0.05) is 5.92 Å². The van der Waals surface area contributed by atoms with Crippen LogP contribution in [0.3, 0.4) is 0 Å². The van der Waals surface area contributed by atoms with Crippen molar-refractivity contribution in [2.24, 2.45) is 0 Å². The molecule has 1 unspecified atom stereocenters. The van der Waals surface area contributed by atoms with Crippen molar-refractivity contribution in [3.8, 4) is 0 Å². The molecular formula is C14H16N2O2. The van der Waals surface area contributed by atoms with Crippen molar-refractivity contribution in [2.45, 2.75) is 38.2 Å². The van der Waals surface area contributed by atoms with Crippen molar-refractivity contribution in [1.29, 1.82) is 0 Å². The third-order valence-corrected chi connectivity index (χ3v) is 3.50. The zero-order chi connectivity index (χ0) is 12.5. The fraction of sp³-hybridized carbons (Fsp3) is 0.429. The Morgan fingerprint density at radius 3 is 3.00 bits per heavy atom. The van der Waals surface area contributed by atoms with Gasteiger partial charge < -0.3 is 9.63 Å². The Kier molecular flexibility index (Phi) is 2.88. The van der Waals surface area contributed by atoms with E-state index in [0.717, 1.165) is 19.3 Å². The number of benzene rings is 1. The van der Waals surface area contributed by atoms with Gasteiger partial charge in [-0.2, -0.15) is 4.98 Å². The van der Waals surface area contributed by atoms with Crippen molar-refractivity contribution >= 4 is 0 Å². The second-order valence-corrected chi connectivity index (χ2v) is 4.81. The van der Waals surface area contributed by atoms with E-state index in [2.05, 4.69) is 28.3 Å². The van der Waals surface area contributed by atoms with E-state index in [1.54, 1.807) is 6.92 Å². The number of hydrogen-bond acceptors (Lipinski definition) is 4. The van der Waals surface area contributed by atoms with E-state index in [4.69, 9.17) is 4.52 Å². The summed E-state index contributed by atoms with van der Waals surface area (Å²) in [6.45, 7) is 1.63. The molecule has 0 spiro atoms. The molecule has 0 fully saturated rings. The summed E-state index contributed by atoms with van der Waals surface area (Å²) in [5.74, 6) is 1.19. The molecule has 4 heteroatoms. The predicted octanol–water partition coefficient (Wildman–Crippen LogP) is 2.59. The van der Waals surface area contributed by atoms with Crippen LogP contribution in [0.5, 0.6) is 0 Å². The summed E-state index contributed by atoms with van der Waals surface area (Å²) in [6, 6.07) is 8.42. The zero-order valence-corrected chi connectivity index (χ0v) is 10.3. The number of aryl methyl sites for hydroxylation is 1. The summed E-state index contributed by atoms with van der Waals surface area (Å²) >= 11 is 0. The van der Waals surface area contributed by atoms with Gasteiger partial charge in [-0.1, -0.05) is 29.4 Å². The topological polar surface area (TPSA) is 59.2 Å². The minimum absolute atomic E-state index is 0.200. The second kappa shape index (κ2) is 4.53. The maximum Gasteiger partial charge on any atom is 0.255 e. The summed E-state index contributed by atoms with van der Waals surface area (Å²) in [6.07, 6.45) is 2.59. The van der Waals surface area contributed by atoms with E-state index in [1.165, 1.54) is 11.1 Å². The molecule has 4 nitrogen and oxygen atoms in total. The molecule has 0 radical (unpaired) electrons. The Labute approximate surface area is 106 Å². The lowest BCUT2D eigenvalue weighted by atomic mass is 9.82. The van der Waals surface area contributed by atoms with Crippen LogP contribution in [0.25, 0.3) is 0 Å². The van der Waals surface area contributed by atoms with Crippen LogP contribution in [-0.2, 0) is 6.42 Å². The van der Waals surface area contributed by atoms with E-state index < -0.39 is 6.10 Å². The fourth-order valence-electron chi connectivity index (χ4n) is 2.58. The maximum absolute atomic E-state index is 9.43. The van der Waals surface area contributed by atoms with Crippen LogP contribution in [0.4, 0.5) is 0 Å². The molecule has 2 atom stereocenters. The highest BCUT2D eigenvalue weighted by Gasteiger charge is 2.26. The van der Waals surface area contributed by atoms with Gasteiger partial charge in [0.25, 0.3) is 5.89 Å². The minimum Gasteiger partial charge on any atom is -0.384 e. The highest BCUT2D eigenvalue weighted by Crippen LogP contribution is 2.35. The van der Waals surface area contributed by atoms with Crippen LogP contribution in [0.15, 0.2) is 28.8 Å². The lowest BCUT2D eigenvalue weighted by Crippen LogP contribution is -2.12. The van der Waals surface area contributed by atoms with Gasteiger partial charge in [0.2, 0.25) is 0 Å². The third-order valence-electron chi connectivity index (χ3n) is 3.50. The van der Waals surface area contributed by atoms with Gasteiger partial charge >= 0.3 is 0 Å². The summed E-state index contributed by atoms with van der Waals surface area (Å²) in [5.41, 5.74) is 2.67. The standard InChI is InChI=1S/C14H16N2O2/c1-9(17)14-15-13(16-18-14)12-8-4-6-10-5-2-3-7-11(10)12/h2-3,5,7,9,12,17H,4,6,8H2,1H3/t9-,12?/m0/s1. The fourth-order valence-corrected chi connectivity index (χ4v) is 2.58. The molecule has 0 aliphatic heterocycles. The summed E-state index contributed by atoms with van der Waals surface area (Å²) in [5, 5.41) is 13.4.